The van der Waals surface area contributed by atoms with Gasteiger partial charge in [-0.15, -0.1) is 0 Å². The van der Waals surface area contributed by atoms with Crippen LogP contribution in [0.3, 0.4) is 0 Å². The molecule has 1 aliphatic heterocycles. The van der Waals surface area contributed by atoms with Crippen LogP contribution in [0.2, 0.25) is 0 Å². The Morgan fingerprint density at radius 1 is 1.46 bits per heavy atom. The predicted octanol–water partition coefficient (Wildman–Crippen LogP) is 1.90. The van der Waals surface area contributed by atoms with Crippen LogP contribution in [0.1, 0.15) is 30.1 Å². The van der Waals surface area contributed by atoms with E-state index in [0.717, 1.165) is 0 Å². The van der Waals surface area contributed by atoms with E-state index in [4.69, 9.17) is 5.11 Å². The van der Waals surface area contributed by atoms with E-state index in [1.807, 2.05) is 6.92 Å². The average Bonchev–Trinajstić information content (AvgIpc) is 2.54. The minimum Gasteiger partial charge on any atom is -0.465 e. The van der Waals surface area contributed by atoms with Crippen molar-refractivity contribution < 1.29 is 19.6 Å². The summed E-state index contributed by atoms with van der Waals surface area (Å²) in [5.41, 5.74) is 0.433. The van der Waals surface area contributed by atoms with E-state index in [9.17, 15) is 19.7 Å². The van der Waals surface area contributed by atoms with Crippen LogP contribution in [0.5, 0.6) is 0 Å². The highest BCUT2D eigenvalue weighted by atomic mass is 16.6. The molecule has 1 unspecified atom stereocenters. The highest BCUT2D eigenvalue weighted by molar-refractivity contribution is 5.96. The summed E-state index contributed by atoms with van der Waals surface area (Å²) in [5.74, 6) is -0.335. The maximum absolute atomic E-state index is 12.6. The number of nitrogens with zero attached hydrogens (tertiary/aromatic N) is 2. The van der Waals surface area contributed by atoms with E-state index >= 15 is 0 Å². The number of amides is 2. The number of anilines is 1. The molecule has 9 nitrogen and oxygen atoms in total. The molecule has 9 heteroatoms. The molecule has 0 bridgehead atoms. The Balaban J connectivity index is 2.18. The lowest BCUT2D eigenvalue weighted by molar-refractivity contribution is -0.384. The number of carbonyl (C=O) groups excluding carboxylic acids is 1. The van der Waals surface area contributed by atoms with E-state index in [1.165, 1.54) is 17.0 Å². The Labute approximate surface area is 138 Å². The van der Waals surface area contributed by atoms with Gasteiger partial charge in [0.05, 0.1) is 4.92 Å². The van der Waals surface area contributed by atoms with Crippen molar-refractivity contribution in [2.75, 3.05) is 25.0 Å². The van der Waals surface area contributed by atoms with Gasteiger partial charge in [-0.2, -0.15) is 0 Å². The number of likely N-dealkylation sites (tertiary alicyclic amines) is 1. The van der Waals surface area contributed by atoms with Crippen LogP contribution in [-0.4, -0.2) is 52.6 Å². The van der Waals surface area contributed by atoms with E-state index in [0.29, 0.717) is 31.6 Å². The van der Waals surface area contributed by atoms with E-state index in [-0.39, 0.29) is 29.7 Å². The Hall–Kier alpha value is -2.84. The molecule has 1 atom stereocenters. The molecule has 0 spiro atoms. The maximum Gasteiger partial charge on any atom is 0.404 e. The summed E-state index contributed by atoms with van der Waals surface area (Å²) >= 11 is 0. The summed E-state index contributed by atoms with van der Waals surface area (Å²) < 4.78 is 0. The van der Waals surface area contributed by atoms with Gasteiger partial charge >= 0.3 is 6.09 Å². The molecule has 1 aromatic carbocycles. The van der Waals surface area contributed by atoms with Crippen molar-refractivity contribution >= 4 is 23.4 Å². The molecule has 1 aliphatic rings. The zero-order valence-corrected chi connectivity index (χ0v) is 13.3. The first-order valence-electron chi connectivity index (χ1n) is 7.73. The van der Waals surface area contributed by atoms with E-state index in [2.05, 4.69) is 10.6 Å². The zero-order chi connectivity index (χ0) is 17.7. The number of nitro groups is 1. The highest BCUT2D eigenvalue weighted by Crippen LogP contribution is 2.26. The maximum atomic E-state index is 12.6. The molecule has 2 amide bonds. The van der Waals surface area contributed by atoms with Gasteiger partial charge in [-0.1, -0.05) is 0 Å². The smallest absolute Gasteiger partial charge is 0.404 e. The molecule has 0 aromatic heterocycles. The largest absolute Gasteiger partial charge is 0.465 e. The molecule has 2 rings (SSSR count). The van der Waals surface area contributed by atoms with Crippen LogP contribution >= 0.6 is 0 Å². The van der Waals surface area contributed by atoms with Crippen LogP contribution in [0.4, 0.5) is 16.2 Å². The monoisotopic (exact) mass is 336 g/mol. The lowest BCUT2D eigenvalue weighted by Crippen LogP contribution is -2.49. The summed E-state index contributed by atoms with van der Waals surface area (Å²) in [6, 6.07) is 4.00. The van der Waals surface area contributed by atoms with Crippen LogP contribution in [0, 0.1) is 10.1 Å². The Bertz CT molecular complexity index is 649. The van der Waals surface area contributed by atoms with Crippen molar-refractivity contribution in [3.8, 4) is 0 Å². The summed E-state index contributed by atoms with van der Waals surface area (Å²) in [6.07, 6.45) is 0.212. The summed E-state index contributed by atoms with van der Waals surface area (Å²) in [7, 11) is 0. The minimum absolute atomic E-state index is 0.153. The van der Waals surface area contributed by atoms with Crippen LogP contribution in [0.15, 0.2) is 18.2 Å². The molecule has 1 aromatic rings. The third kappa shape index (κ3) is 4.12. The van der Waals surface area contributed by atoms with E-state index < -0.39 is 11.0 Å². The fourth-order valence-corrected chi connectivity index (χ4v) is 2.79. The third-order valence-corrected chi connectivity index (χ3v) is 3.84. The molecule has 1 heterocycles. The van der Waals surface area contributed by atoms with Gasteiger partial charge in [0.15, 0.2) is 0 Å². The number of rotatable bonds is 5. The summed E-state index contributed by atoms with van der Waals surface area (Å²) in [4.78, 5) is 35.5. The van der Waals surface area contributed by atoms with Gasteiger partial charge in [-0.05, 0) is 31.9 Å². The summed E-state index contributed by atoms with van der Waals surface area (Å²) in [5, 5.41) is 25.2. The lowest BCUT2D eigenvalue weighted by Gasteiger charge is -2.32. The standard InChI is InChI=1S/C15H20N4O5/c1-2-16-12-6-5-10(8-13(12)19(23)24)14(20)18-7-3-4-11(9-18)17-15(21)22/h5-6,8,11,16-17H,2-4,7,9H2,1H3,(H,21,22). The van der Waals surface area contributed by atoms with Gasteiger partial charge in [-0.25, -0.2) is 4.79 Å². The predicted molar refractivity (Wildman–Crippen MR) is 87.3 cm³/mol. The van der Waals surface area contributed by atoms with Crippen molar-refractivity contribution in [2.45, 2.75) is 25.8 Å². The number of nitro benzene ring substituents is 1. The number of nitrogens with one attached hydrogen (secondary N) is 2. The number of piperidine rings is 1. The normalized spacial score (nSPS) is 17.2. The number of carboxylic acid groups (broad SMARTS) is 1. The van der Waals surface area contributed by atoms with Crippen molar-refractivity contribution in [1.82, 2.24) is 10.2 Å². The van der Waals surface area contributed by atoms with Gasteiger partial charge in [0, 0.05) is 37.3 Å². The second kappa shape index (κ2) is 7.62. The minimum atomic E-state index is -1.13. The van der Waals surface area contributed by atoms with Crippen LogP contribution < -0.4 is 10.6 Å². The lowest BCUT2D eigenvalue weighted by atomic mass is 10.0. The van der Waals surface area contributed by atoms with Crippen molar-refractivity contribution in [1.29, 1.82) is 0 Å². The van der Waals surface area contributed by atoms with Gasteiger partial charge in [0.2, 0.25) is 0 Å². The van der Waals surface area contributed by atoms with Gasteiger partial charge in [0.25, 0.3) is 11.6 Å². The van der Waals surface area contributed by atoms with Gasteiger partial charge in [0.1, 0.15) is 5.69 Å². The average molecular weight is 336 g/mol. The second-order valence-corrected chi connectivity index (χ2v) is 5.56. The molecule has 1 saturated heterocycles. The summed E-state index contributed by atoms with van der Waals surface area (Å²) in [6.45, 7) is 3.11. The SMILES string of the molecule is CCNc1ccc(C(=O)N2CCCC(NC(=O)O)C2)cc1[N+](=O)[O-]. The molecule has 0 aliphatic carbocycles. The Kier molecular flexibility index (Phi) is 5.56. The van der Waals surface area contributed by atoms with Gasteiger partial charge in [-0.3, -0.25) is 14.9 Å². The topological polar surface area (TPSA) is 125 Å². The highest BCUT2D eigenvalue weighted by Gasteiger charge is 2.27. The zero-order valence-electron chi connectivity index (χ0n) is 13.3. The molecular weight excluding hydrogens is 316 g/mol. The first kappa shape index (κ1) is 17.5. The van der Waals surface area contributed by atoms with Crippen LogP contribution in [-0.2, 0) is 0 Å². The number of carbonyl (C=O) groups is 2. The first-order valence-corrected chi connectivity index (χ1v) is 7.73. The van der Waals surface area contributed by atoms with Crippen molar-refractivity contribution in [3.63, 3.8) is 0 Å². The number of hydrogen-bond acceptors (Lipinski definition) is 5. The molecule has 24 heavy (non-hydrogen) atoms. The number of benzene rings is 1. The molecule has 1 fully saturated rings. The van der Waals surface area contributed by atoms with Crippen LogP contribution in [0.25, 0.3) is 0 Å². The number of hydrogen-bond donors (Lipinski definition) is 3. The fourth-order valence-electron chi connectivity index (χ4n) is 2.79. The molecule has 0 saturated carbocycles. The van der Waals surface area contributed by atoms with E-state index in [1.54, 1.807) is 6.07 Å². The van der Waals surface area contributed by atoms with Gasteiger partial charge < -0.3 is 20.6 Å². The first-order chi connectivity index (χ1) is 11.4. The second-order valence-electron chi connectivity index (χ2n) is 5.56. The molecule has 3 N–H and O–H groups in total. The van der Waals surface area contributed by atoms with Crippen molar-refractivity contribution in [3.05, 3.63) is 33.9 Å². The third-order valence-electron chi connectivity index (χ3n) is 3.84. The molecule has 0 radical (unpaired) electrons. The molecule has 130 valence electrons. The Morgan fingerprint density at radius 2 is 2.21 bits per heavy atom. The quantitative estimate of drug-likeness (QED) is 0.557. The van der Waals surface area contributed by atoms with Crippen molar-refractivity contribution in [2.24, 2.45) is 0 Å². The fraction of sp³-hybridized carbons (Fsp3) is 0.467. The Morgan fingerprint density at radius 3 is 2.83 bits per heavy atom. The molecular formula is C15H20N4O5.